The normalized spacial score (nSPS) is 16.1. The van der Waals surface area contributed by atoms with E-state index in [4.69, 9.17) is 5.73 Å². The third kappa shape index (κ3) is 22.9. The van der Waals surface area contributed by atoms with E-state index in [2.05, 4.69) is 16.0 Å². The molecular weight excluding hydrogens is 1100 g/mol. The van der Waals surface area contributed by atoms with Crippen LogP contribution in [0.4, 0.5) is 0 Å². The second-order valence-corrected chi connectivity index (χ2v) is 26.9. The zero-order valence-electron chi connectivity index (χ0n) is 57.4. The third-order valence-electron chi connectivity index (χ3n) is 16.5. The van der Waals surface area contributed by atoms with E-state index in [9.17, 15) is 43.5 Å². The van der Waals surface area contributed by atoms with Crippen LogP contribution in [0.15, 0.2) is 12.2 Å². The zero-order chi connectivity index (χ0) is 67.5. The molecule has 23 heteroatoms. The Morgan fingerprint density at radius 2 is 0.942 bits per heavy atom. The molecule has 0 aliphatic heterocycles. The average molecular weight is 1220 g/mol. The summed E-state index contributed by atoms with van der Waals surface area (Å²) in [6.45, 7) is 33.5. The van der Waals surface area contributed by atoms with E-state index in [-0.39, 0.29) is 60.7 Å². The lowest BCUT2D eigenvalue weighted by molar-refractivity contribution is -0.157. The van der Waals surface area contributed by atoms with Gasteiger partial charge in [0.25, 0.3) is 0 Å². The number of carbonyl (C=O) groups is 11. The largest absolute Gasteiger partial charge is 0.390 e. The van der Waals surface area contributed by atoms with E-state index in [1.165, 1.54) is 73.7 Å². The summed E-state index contributed by atoms with van der Waals surface area (Å²) in [7, 11) is 10.0. The Kier molecular flexibility index (Phi) is 33.1. The molecule has 0 aliphatic rings. The van der Waals surface area contributed by atoms with Crippen molar-refractivity contribution in [3.05, 3.63) is 12.2 Å². The minimum atomic E-state index is -1.60. The van der Waals surface area contributed by atoms with E-state index < -0.39 is 144 Å². The van der Waals surface area contributed by atoms with E-state index in [0.29, 0.717) is 6.42 Å². The molecule has 0 bridgehead atoms. The molecular formula is C63H115N11O12. The van der Waals surface area contributed by atoms with Gasteiger partial charge in [-0.15, -0.1) is 0 Å². The first-order valence-electron chi connectivity index (χ1n) is 30.7. The average Bonchev–Trinajstić information content (AvgIpc) is 1.55. The number of likely N-dealkylation sites (N-methyl/N-ethyl adjacent to an activating group) is 7. The van der Waals surface area contributed by atoms with Crippen molar-refractivity contribution in [1.82, 2.24) is 50.2 Å². The number of aliphatic hydroxyl groups is 1. The molecule has 0 radical (unpaired) electrons. The molecule has 23 nitrogen and oxygen atoms in total. The first-order valence-corrected chi connectivity index (χ1v) is 30.7. The van der Waals surface area contributed by atoms with Crippen molar-refractivity contribution < 1.29 is 57.8 Å². The van der Waals surface area contributed by atoms with Crippen LogP contribution in [0.1, 0.15) is 164 Å². The van der Waals surface area contributed by atoms with Crippen molar-refractivity contribution >= 4 is 65.0 Å². The Hall–Kier alpha value is -6.13. The summed E-state index contributed by atoms with van der Waals surface area (Å²) < 4.78 is 0. The molecule has 0 aliphatic carbocycles. The molecule has 0 saturated carbocycles. The molecule has 0 saturated heterocycles. The summed E-state index contributed by atoms with van der Waals surface area (Å²) >= 11 is 0. The van der Waals surface area contributed by atoms with Crippen molar-refractivity contribution in [2.75, 3.05) is 55.9 Å². The zero-order valence-corrected chi connectivity index (χ0v) is 57.4. The van der Waals surface area contributed by atoms with Crippen LogP contribution in [0.3, 0.4) is 0 Å². The van der Waals surface area contributed by atoms with E-state index >= 15 is 14.4 Å². The summed E-state index contributed by atoms with van der Waals surface area (Å²) in [4.78, 5) is 163. The van der Waals surface area contributed by atoms with Crippen LogP contribution in [0.25, 0.3) is 0 Å². The van der Waals surface area contributed by atoms with Crippen molar-refractivity contribution in [3.63, 3.8) is 0 Å². The fourth-order valence-corrected chi connectivity index (χ4v) is 10.4. The Morgan fingerprint density at radius 1 is 0.500 bits per heavy atom. The molecule has 0 rings (SSSR count). The van der Waals surface area contributed by atoms with Gasteiger partial charge in [-0.2, -0.15) is 0 Å². The molecule has 0 aromatic rings. The molecule has 12 atom stereocenters. The van der Waals surface area contributed by atoms with E-state index in [0.717, 1.165) is 9.80 Å². The van der Waals surface area contributed by atoms with Crippen molar-refractivity contribution in [3.8, 4) is 0 Å². The van der Waals surface area contributed by atoms with Crippen LogP contribution in [-0.2, 0) is 52.7 Å². The number of allylic oxidation sites excluding steroid dienone is 2. The van der Waals surface area contributed by atoms with Crippen LogP contribution in [0.2, 0.25) is 0 Å². The van der Waals surface area contributed by atoms with Crippen molar-refractivity contribution in [2.24, 2.45) is 52.6 Å². The Morgan fingerprint density at radius 3 is 1.36 bits per heavy atom. The molecule has 0 spiro atoms. The predicted molar refractivity (Wildman–Crippen MR) is 335 cm³/mol. The van der Waals surface area contributed by atoms with Crippen LogP contribution >= 0.6 is 0 Å². The lowest BCUT2D eigenvalue weighted by Crippen LogP contribution is -2.63. The lowest BCUT2D eigenvalue weighted by Gasteiger charge is -2.41. The highest BCUT2D eigenvalue weighted by Gasteiger charge is 2.45. The molecule has 0 aromatic heterocycles. The maximum absolute atomic E-state index is 15.1. The van der Waals surface area contributed by atoms with E-state index in [1.54, 1.807) is 81.5 Å². The summed E-state index contributed by atoms with van der Waals surface area (Å²) in [6, 6.07) is -10.5. The maximum Gasteiger partial charge on any atom is 0.246 e. The molecule has 0 aromatic carbocycles. The quantitative estimate of drug-likeness (QED) is 0.0574. The monoisotopic (exact) mass is 1220 g/mol. The van der Waals surface area contributed by atoms with Gasteiger partial charge in [0.05, 0.1) is 12.6 Å². The molecule has 11 amide bonds. The van der Waals surface area contributed by atoms with Crippen molar-refractivity contribution in [1.29, 1.82) is 0 Å². The highest BCUT2D eigenvalue weighted by Crippen LogP contribution is 2.28. The van der Waals surface area contributed by atoms with Gasteiger partial charge < -0.3 is 61.1 Å². The van der Waals surface area contributed by atoms with Gasteiger partial charge in [-0.3, -0.25) is 52.7 Å². The summed E-state index contributed by atoms with van der Waals surface area (Å²) in [6.07, 6.45) is 2.98. The highest BCUT2D eigenvalue weighted by molar-refractivity contribution is 5.99. The number of amides is 11. The number of hydrogen-bond acceptors (Lipinski definition) is 12. The standard InChI is InChI=1S/C63H115N11O12/c1-27-29-30-40(13)52(76)51(56(80)66-44(28-2)59(83)68(20)34-48(75)72(24)49(38(9)10)53(64)77)74(26)62(86)50(39(11)12)73(25)61(85)47(33-37(7)8)71(23)60(84)46(32-36(5)6)70(22)58(82)42(15)65-55(79)45(31-35(3)4)67-54(78)43(16)69(21)57(81)41(14)63(17,18)19/h27,29,35-47,49-52,76H,28,30-34H2,1-26H3,(H2,64,77)(H,65,79)(H,66,80)(H,67,78)/b29-27-/t40-,41+,42+,43+,44+,45?,46-,47-,49-,50+,51?,52+/m1/s1. The first kappa shape index (κ1) is 79.9. The minimum Gasteiger partial charge on any atom is -0.390 e. The SMILES string of the molecule is C/C=C\C[C@@H](C)[C@H](O)C(C(=O)N[C@@H](CC)C(=O)N(C)CC(=O)N(C)[C@@H](C(N)=O)C(C)C)N(C)C(=O)[C@H](C(C)C)N(C)C(=O)[C@@H](CC(C)C)N(C)C(=O)[C@@H](CC(C)C)N(C)C(=O)[C@H](C)NC(=O)C(CC(C)C)NC(=O)[C@H](C)N(C)C(=O)[C@H](C)C(C)(C)C. The molecule has 0 heterocycles. The molecule has 2 unspecified atom stereocenters. The fraction of sp³-hybridized carbons (Fsp3) is 0.794. The molecule has 86 heavy (non-hydrogen) atoms. The van der Waals surface area contributed by atoms with Crippen LogP contribution in [-0.4, -0.2) is 221 Å². The number of aliphatic hydroxyl groups excluding tert-OH is 1. The summed E-state index contributed by atoms with van der Waals surface area (Å²) in [5.74, 6) is -9.01. The number of nitrogens with one attached hydrogen (secondary N) is 3. The fourth-order valence-electron chi connectivity index (χ4n) is 10.4. The Bertz CT molecular complexity index is 2340. The number of nitrogens with zero attached hydrogens (tertiary/aromatic N) is 7. The highest BCUT2D eigenvalue weighted by atomic mass is 16.3. The number of rotatable bonds is 34. The lowest BCUT2D eigenvalue weighted by atomic mass is 9.81. The van der Waals surface area contributed by atoms with Gasteiger partial charge in [0.1, 0.15) is 54.4 Å². The molecule has 6 N–H and O–H groups in total. The number of carbonyl (C=O) groups excluding carboxylic acids is 11. The van der Waals surface area contributed by atoms with Gasteiger partial charge in [0.15, 0.2) is 0 Å². The predicted octanol–water partition coefficient (Wildman–Crippen LogP) is 3.89. The third-order valence-corrected chi connectivity index (χ3v) is 16.5. The van der Waals surface area contributed by atoms with Crippen molar-refractivity contribution in [2.45, 2.75) is 224 Å². The maximum atomic E-state index is 15.1. The number of nitrogens with two attached hydrogens (primary N) is 1. The second kappa shape index (κ2) is 35.6. The van der Waals surface area contributed by atoms with Gasteiger partial charge in [-0.05, 0) is 93.8 Å². The first-order chi connectivity index (χ1) is 39.4. The molecule has 0 fully saturated rings. The van der Waals surface area contributed by atoms with Crippen LogP contribution in [0.5, 0.6) is 0 Å². The Balaban J connectivity index is 7.14. The van der Waals surface area contributed by atoms with Crippen LogP contribution < -0.4 is 21.7 Å². The van der Waals surface area contributed by atoms with E-state index in [1.807, 2.05) is 62.3 Å². The van der Waals surface area contributed by atoms with Gasteiger partial charge >= 0.3 is 0 Å². The number of primary amides is 1. The van der Waals surface area contributed by atoms with Gasteiger partial charge in [0, 0.05) is 55.3 Å². The second-order valence-electron chi connectivity index (χ2n) is 26.9. The molecule has 494 valence electrons. The Labute approximate surface area is 516 Å². The van der Waals surface area contributed by atoms with Gasteiger partial charge in [-0.25, -0.2) is 0 Å². The smallest absolute Gasteiger partial charge is 0.246 e. The number of hydrogen-bond donors (Lipinski definition) is 5. The van der Waals surface area contributed by atoms with Gasteiger partial charge in [-0.1, -0.05) is 123 Å². The summed E-state index contributed by atoms with van der Waals surface area (Å²) in [5, 5.41) is 20.3. The topological polar surface area (TPSA) is 293 Å². The minimum absolute atomic E-state index is 0.0529. The van der Waals surface area contributed by atoms with Crippen LogP contribution in [0, 0.1) is 46.8 Å². The van der Waals surface area contributed by atoms with Gasteiger partial charge in [0.2, 0.25) is 65.0 Å². The summed E-state index contributed by atoms with van der Waals surface area (Å²) in [5.41, 5.74) is 5.22.